The Kier molecular flexibility index (Phi) is 1.93. The number of rotatable bonds is 0. The van der Waals surface area contributed by atoms with Crippen molar-refractivity contribution in [1.82, 2.24) is 0 Å². The third kappa shape index (κ3) is 1.38. The van der Waals surface area contributed by atoms with Gasteiger partial charge in [0, 0.05) is 0 Å². The van der Waals surface area contributed by atoms with Gasteiger partial charge in [-0.2, -0.15) is 0 Å². The molecule has 0 atom stereocenters. The van der Waals surface area contributed by atoms with E-state index in [4.69, 9.17) is 0 Å². The molecule has 0 aromatic carbocycles. The molecular weight excluding hydrogens is 79.1 g/mol. The third-order valence-electron chi connectivity index (χ3n) is 0.293. The summed E-state index contributed by atoms with van der Waals surface area (Å²) in [6, 6.07) is 0. The van der Waals surface area contributed by atoms with E-state index in [1.54, 1.807) is 11.8 Å². The molecular formula is C5H3F. The molecule has 0 rings (SSSR count). The minimum atomic E-state index is -1.51. The van der Waals surface area contributed by atoms with Crippen molar-refractivity contribution in [1.29, 1.82) is 0 Å². The van der Waals surface area contributed by atoms with E-state index in [0.717, 1.165) is 0 Å². The molecule has 0 saturated carbocycles. The Morgan fingerprint density at radius 1 is 1.33 bits per heavy atom. The summed E-state index contributed by atoms with van der Waals surface area (Å²) in [6.45, 7) is 0. The molecule has 0 nitrogen and oxygen atoms in total. The molecule has 0 saturated heterocycles. The highest BCUT2D eigenvalue weighted by atomic mass is 19.1. The van der Waals surface area contributed by atoms with E-state index in [-0.39, 0.29) is 0 Å². The van der Waals surface area contributed by atoms with E-state index >= 15 is 0 Å². The number of alkyl halides is 1. The zero-order valence-corrected chi connectivity index (χ0v) is 3.11. The molecule has 0 aliphatic carbocycles. The molecule has 0 heterocycles. The fourth-order valence-electron chi connectivity index (χ4n) is 0.0481. The van der Waals surface area contributed by atoms with Crippen molar-refractivity contribution in [2.75, 3.05) is 0 Å². The maximum absolute atomic E-state index is 11.4. The van der Waals surface area contributed by atoms with E-state index in [9.17, 15) is 4.39 Å². The molecule has 0 unspecified atom stereocenters. The molecule has 1 heteroatoms. The number of hydrogen-bond donors (Lipinski definition) is 0. The van der Waals surface area contributed by atoms with Crippen molar-refractivity contribution in [2.45, 2.75) is 6.17 Å². The molecule has 0 fully saturated rings. The quantitative estimate of drug-likeness (QED) is 0.375. The minimum Gasteiger partial charge on any atom is -0.219 e. The summed E-state index contributed by atoms with van der Waals surface area (Å²) >= 11 is 0. The van der Waals surface area contributed by atoms with Gasteiger partial charge in [0.2, 0.25) is 6.17 Å². The van der Waals surface area contributed by atoms with Crippen LogP contribution in [0.25, 0.3) is 0 Å². The van der Waals surface area contributed by atoms with Gasteiger partial charge in [-0.05, 0) is 0 Å². The van der Waals surface area contributed by atoms with Crippen LogP contribution in [-0.2, 0) is 0 Å². The van der Waals surface area contributed by atoms with Crippen LogP contribution in [-0.4, -0.2) is 6.17 Å². The topological polar surface area (TPSA) is 0 Å². The Morgan fingerprint density at radius 3 is 1.67 bits per heavy atom. The Balaban J connectivity index is 3.40. The average molecular weight is 82.1 g/mol. The van der Waals surface area contributed by atoms with Gasteiger partial charge >= 0.3 is 0 Å². The fraction of sp³-hybridized carbons (Fsp3) is 0.200. The smallest absolute Gasteiger partial charge is 0.219 e. The van der Waals surface area contributed by atoms with Crippen molar-refractivity contribution < 1.29 is 4.39 Å². The van der Waals surface area contributed by atoms with Crippen LogP contribution in [0.15, 0.2) is 0 Å². The van der Waals surface area contributed by atoms with E-state index in [1.807, 2.05) is 0 Å². The van der Waals surface area contributed by atoms with Crippen LogP contribution in [0.3, 0.4) is 0 Å². The highest BCUT2D eigenvalue weighted by molar-refractivity contribution is 5.11. The number of terminal acetylenes is 2. The van der Waals surface area contributed by atoms with Gasteiger partial charge in [-0.3, -0.25) is 0 Å². The van der Waals surface area contributed by atoms with Gasteiger partial charge in [-0.25, -0.2) is 4.39 Å². The molecule has 0 aliphatic heterocycles. The van der Waals surface area contributed by atoms with Crippen LogP contribution in [0.2, 0.25) is 0 Å². The van der Waals surface area contributed by atoms with Gasteiger partial charge in [-0.15, -0.1) is 12.8 Å². The molecule has 6 heavy (non-hydrogen) atoms. The molecule has 0 aromatic heterocycles. The van der Waals surface area contributed by atoms with Crippen LogP contribution in [0.5, 0.6) is 0 Å². The van der Waals surface area contributed by atoms with Crippen molar-refractivity contribution in [3.8, 4) is 24.7 Å². The second-order valence-corrected chi connectivity index (χ2v) is 0.696. The highest BCUT2D eigenvalue weighted by Crippen LogP contribution is 1.79. The van der Waals surface area contributed by atoms with Crippen LogP contribution < -0.4 is 0 Å². The summed E-state index contributed by atoms with van der Waals surface area (Å²) in [5.41, 5.74) is 0. The third-order valence-corrected chi connectivity index (χ3v) is 0.293. The monoisotopic (exact) mass is 82.0 g/mol. The lowest BCUT2D eigenvalue weighted by atomic mass is 10.4. The second-order valence-electron chi connectivity index (χ2n) is 0.696. The molecule has 30 valence electrons. The van der Waals surface area contributed by atoms with Crippen LogP contribution >= 0.6 is 0 Å². The first-order valence-corrected chi connectivity index (χ1v) is 1.37. The Labute approximate surface area is 36.4 Å². The Hall–Kier alpha value is -0.950. The second kappa shape index (κ2) is 2.30. The summed E-state index contributed by atoms with van der Waals surface area (Å²) in [4.78, 5) is 0. The van der Waals surface area contributed by atoms with Crippen LogP contribution in [0.4, 0.5) is 4.39 Å². The minimum absolute atomic E-state index is 1.51. The largest absolute Gasteiger partial charge is 0.220 e. The molecule has 0 amide bonds. The molecule has 0 aromatic rings. The molecule has 0 radical (unpaired) electrons. The van der Waals surface area contributed by atoms with Crippen LogP contribution in [0, 0.1) is 24.7 Å². The molecule has 0 aliphatic rings. The first-order valence-electron chi connectivity index (χ1n) is 1.37. The predicted molar refractivity (Wildman–Crippen MR) is 22.6 cm³/mol. The van der Waals surface area contributed by atoms with Gasteiger partial charge < -0.3 is 0 Å². The normalized spacial score (nSPS) is 6.67. The predicted octanol–water partition coefficient (Wildman–Crippen LogP) is 0.591. The summed E-state index contributed by atoms with van der Waals surface area (Å²) < 4.78 is 11.4. The van der Waals surface area contributed by atoms with Crippen molar-refractivity contribution >= 4 is 0 Å². The van der Waals surface area contributed by atoms with Gasteiger partial charge in [-0.1, -0.05) is 11.8 Å². The highest BCUT2D eigenvalue weighted by Gasteiger charge is 1.85. The van der Waals surface area contributed by atoms with Gasteiger partial charge in [0.05, 0.1) is 0 Å². The van der Waals surface area contributed by atoms with Gasteiger partial charge in [0.25, 0.3) is 0 Å². The number of hydrogen-bond acceptors (Lipinski definition) is 0. The standard InChI is InChI=1S/C5H3F/c1-3-5(6)4-2/h1-2,5H. The lowest BCUT2D eigenvalue weighted by molar-refractivity contribution is 0.495. The van der Waals surface area contributed by atoms with Crippen molar-refractivity contribution in [3.05, 3.63) is 0 Å². The summed E-state index contributed by atoms with van der Waals surface area (Å²) in [5.74, 6) is 3.42. The van der Waals surface area contributed by atoms with Crippen LogP contribution in [0.1, 0.15) is 0 Å². The van der Waals surface area contributed by atoms with E-state index in [1.165, 1.54) is 0 Å². The maximum Gasteiger partial charge on any atom is 0.220 e. The summed E-state index contributed by atoms with van der Waals surface area (Å²) in [5, 5.41) is 0. The van der Waals surface area contributed by atoms with E-state index < -0.39 is 6.17 Å². The summed E-state index contributed by atoms with van der Waals surface area (Å²) in [6.07, 6.45) is 7.52. The van der Waals surface area contributed by atoms with E-state index in [2.05, 4.69) is 12.8 Å². The molecule has 0 N–H and O–H groups in total. The number of halogens is 1. The molecule has 0 spiro atoms. The van der Waals surface area contributed by atoms with Crippen molar-refractivity contribution in [3.63, 3.8) is 0 Å². The SMILES string of the molecule is C#CC(F)C#C. The van der Waals surface area contributed by atoms with Gasteiger partial charge in [0.15, 0.2) is 0 Å². The first-order chi connectivity index (χ1) is 2.81. The average Bonchev–Trinajstić information content (AvgIpc) is 1.65. The maximum atomic E-state index is 11.4. The Morgan fingerprint density at radius 2 is 1.67 bits per heavy atom. The molecule has 0 bridgehead atoms. The fourth-order valence-corrected chi connectivity index (χ4v) is 0.0481. The lowest BCUT2D eigenvalue weighted by Gasteiger charge is -1.76. The lowest BCUT2D eigenvalue weighted by Crippen LogP contribution is -1.85. The summed E-state index contributed by atoms with van der Waals surface area (Å²) in [7, 11) is 0. The zero-order chi connectivity index (χ0) is 4.99. The van der Waals surface area contributed by atoms with Gasteiger partial charge in [0.1, 0.15) is 0 Å². The first kappa shape index (κ1) is 5.05. The zero-order valence-electron chi connectivity index (χ0n) is 3.11. The Bertz CT molecular complexity index is 88.1. The van der Waals surface area contributed by atoms with Crippen molar-refractivity contribution in [2.24, 2.45) is 0 Å². The van der Waals surface area contributed by atoms with E-state index in [0.29, 0.717) is 0 Å².